The number of carboxylic acids is 1. The number of aromatic nitrogens is 2. The number of alkyl halides is 3. The molecule has 0 aliphatic rings. The molecule has 0 spiro atoms. The minimum Gasteiger partial charge on any atom is -0.481 e. The second-order valence-corrected chi connectivity index (χ2v) is 9.72. The van der Waals surface area contributed by atoms with Crippen molar-refractivity contribution in [2.45, 2.75) is 32.2 Å². The Morgan fingerprint density at radius 3 is 2.42 bits per heavy atom. The summed E-state index contributed by atoms with van der Waals surface area (Å²) >= 11 is 0. The highest BCUT2D eigenvalue weighted by Crippen LogP contribution is 2.41. The van der Waals surface area contributed by atoms with Crippen molar-refractivity contribution in [1.29, 1.82) is 0 Å². The summed E-state index contributed by atoms with van der Waals surface area (Å²) in [5.41, 5.74) is 7.54. The number of hydrogen-bond donors (Lipinski definition) is 2. The number of aliphatic carboxylic acids is 1. The maximum absolute atomic E-state index is 14.4. The Hall–Kier alpha value is -4.38. The number of anilines is 1. The SMILES string of the molecule is C[C@@H](Cc1ccc(-c2cc(OC(c3ccccc3-c3ccc(CN(C)C)o3)C(F)(F)F)nc(N)n2)cc1)C(=O)O. The number of nitrogens with zero attached hydrogens (tertiary/aromatic N) is 3. The third kappa shape index (κ3) is 6.97. The lowest BCUT2D eigenvalue weighted by molar-refractivity contribution is -0.198. The first-order valence-electron chi connectivity index (χ1n) is 12.4. The van der Waals surface area contributed by atoms with Crippen molar-refractivity contribution in [2.75, 3.05) is 19.8 Å². The minimum atomic E-state index is -4.79. The Labute approximate surface area is 229 Å². The van der Waals surface area contributed by atoms with Crippen molar-refractivity contribution in [2.24, 2.45) is 5.92 Å². The fourth-order valence-electron chi connectivity index (χ4n) is 4.20. The first kappa shape index (κ1) is 28.6. The molecule has 40 heavy (non-hydrogen) atoms. The molecule has 0 aliphatic heterocycles. The molecule has 2 heterocycles. The first-order chi connectivity index (χ1) is 18.9. The van der Waals surface area contributed by atoms with Crippen LogP contribution in [0, 0.1) is 5.92 Å². The van der Waals surface area contributed by atoms with E-state index in [1.807, 2.05) is 19.0 Å². The number of nitrogens with two attached hydrogens (primary N) is 1. The number of carboxylic acid groups (broad SMARTS) is 1. The molecule has 4 aromatic rings. The topological polar surface area (TPSA) is 115 Å². The van der Waals surface area contributed by atoms with E-state index in [1.165, 1.54) is 18.2 Å². The molecule has 0 fully saturated rings. The van der Waals surface area contributed by atoms with Gasteiger partial charge in [0, 0.05) is 22.8 Å². The predicted octanol–water partition coefficient (Wildman–Crippen LogP) is 5.99. The van der Waals surface area contributed by atoms with Crippen LogP contribution in [0.5, 0.6) is 5.88 Å². The van der Waals surface area contributed by atoms with Gasteiger partial charge in [0.1, 0.15) is 11.5 Å². The van der Waals surface area contributed by atoms with E-state index in [2.05, 4.69) is 9.97 Å². The summed E-state index contributed by atoms with van der Waals surface area (Å²) in [7, 11) is 3.72. The van der Waals surface area contributed by atoms with E-state index < -0.39 is 24.2 Å². The van der Waals surface area contributed by atoms with E-state index in [0.29, 0.717) is 24.3 Å². The van der Waals surface area contributed by atoms with Gasteiger partial charge in [0.25, 0.3) is 0 Å². The van der Waals surface area contributed by atoms with Gasteiger partial charge in [-0.15, -0.1) is 0 Å². The van der Waals surface area contributed by atoms with Gasteiger partial charge in [-0.3, -0.25) is 4.79 Å². The summed E-state index contributed by atoms with van der Waals surface area (Å²) in [6, 6.07) is 17.5. The summed E-state index contributed by atoms with van der Waals surface area (Å²) in [6.45, 7) is 2.10. The number of carbonyl (C=O) groups is 1. The Balaban J connectivity index is 1.65. The van der Waals surface area contributed by atoms with Crippen LogP contribution >= 0.6 is 0 Å². The van der Waals surface area contributed by atoms with Crippen molar-refractivity contribution in [1.82, 2.24) is 14.9 Å². The molecular weight excluding hydrogens is 525 g/mol. The molecule has 0 aliphatic carbocycles. The highest BCUT2D eigenvalue weighted by atomic mass is 19.4. The third-order valence-electron chi connectivity index (χ3n) is 6.11. The molecule has 0 amide bonds. The van der Waals surface area contributed by atoms with E-state index in [9.17, 15) is 18.0 Å². The van der Waals surface area contributed by atoms with Gasteiger partial charge in [-0.25, -0.2) is 4.98 Å². The van der Waals surface area contributed by atoms with Crippen LogP contribution in [0.15, 0.2) is 71.1 Å². The molecule has 0 bridgehead atoms. The van der Waals surface area contributed by atoms with Crippen LogP contribution in [0.1, 0.15) is 29.9 Å². The Kier molecular flexibility index (Phi) is 8.43. The summed E-state index contributed by atoms with van der Waals surface area (Å²) in [6.07, 6.45) is -6.83. The molecule has 0 saturated heterocycles. The summed E-state index contributed by atoms with van der Waals surface area (Å²) in [4.78, 5) is 21.1. The second-order valence-electron chi connectivity index (χ2n) is 9.72. The number of nitrogen functional groups attached to an aromatic ring is 1. The lowest BCUT2D eigenvalue weighted by atomic mass is 9.99. The van der Waals surface area contributed by atoms with Crippen LogP contribution in [0.25, 0.3) is 22.6 Å². The number of furan rings is 1. The van der Waals surface area contributed by atoms with Crippen LogP contribution in [-0.4, -0.2) is 46.2 Å². The van der Waals surface area contributed by atoms with Crippen LogP contribution in [-0.2, 0) is 17.8 Å². The molecule has 2 aromatic heterocycles. The monoisotopic (exact) mass is 554 g/mol. The molecule has 4 rings (SSSR count). The van der Waals surface area contributed by atoms with Gasteiger partial charge in [-0.05, 0) is 38.2 Å². The minimum absolute atomic E-state index is 0.142. The lowest BCUT2D eigenvalue weighted by Gasteiger charge is -2.23. The highest BCUT2D eigenvalue weighted by molar-refractivity contribution is 5.70. The Morgan fingerprint density at radius 1 is 1.07 bits per heavy atom. The van der Waals surface area contributed by atoms with Gasteiger partial charge in [0.05, 0.1) is 18.2 Å². The van der Waals surface area contributed by atoms with Crippen LogP contribution in [0.2, 0.25) is 0 Å². The molecule has 1 unspecified atom stereocenters. The quantitative estimate of drug-likeness (QED) is 0.246. The third-order valence-corrected chi connectivity index (χ3v) is 6.11. The van der Waals surface area contributed by atoms with Gasteiger partial charge in [-0.2, -0.15) is 18.2 Å². The maximum atomic E-state index is 14.4. The molecule has 0 radical (unpaired) electrons. The second kappa shape index (κ2) is 11.8. The van der Waals surface area contributed by atoms with Crippen LogP contribution in [0.3, 0.4) is 0 Å². The number of ether oxygens (including phenoxy) is 1. The van der Waals surface area contributed by atoms with E-state index >= 15 is 0 Å². The molecule has 2 atom stereocenters. The fourth-order valence-corrected chi connectivity index (χ4v) is 4.20. The summed E-state index contributed by atoms with van der Waals surface area (Å²) in [5, 5.41) is 9.13. The highest BCUT2D eigenvalue weighted by Gasteiger charge is 2.45. The van der Waals surface area contributed by atoms with Gasteiger partial charge < -0.3 is 24.9 Å². The van der Waals surface area contributed by atoms with Crippen molar-refractivity contribution >= 4 is 11.9 Å². The largest absolute Gasteiger partial charge is 0.481 e. The van der Waals surface area contributed by atoms with E-state index in [4.69, 9.17) is 20.0 Å². The number of halogens is 3. The Morgan fingerprint density at radius 2 is 1.77 bits per heavy atom. The number of hydrogen-bond acceptors (Lipinski definition) is 7. The zero-order chi connectivity index (χ0) is 29.0. The van der Waals surface area contributed by atoms with Gasteiger partial charge >= 0.3 is 12.1 Å². The normalized spacial score (nSPS) is 13.3. The average molecular weight is 555 g/mol. The molecule has 0 saturated carbocycles. The first-order valence-corrected chi connectivity index (χ1v) is 12.4. The van der Waals surface area contributed by atoms with E-state index in [1.54, 1.807) is 55.5 Å². The maximum Gasteiger partial charge on any atom is 0.429 e. The van der Waals surface area contributed by atoms with Gasteiger partial charge in [0.2, 0.25) is 17.9 Å². The average Bonchev–Trinajstić information content (AvgIpc) is 3.34. The Bertz CT molecular complexity index is 1470. The van der Waals surface area contributed by atoms with Gasteiger partial charge in [-0.1, -0.05) is 55.5 Å². The van der Waals surface area contributed by atoms with Gasteiger partial charge in [0.15, 0.2) is 0 Å². The van der Waals surface area contributed by atoms with Crippen molar-refractivity contribution < 1.29 is 32.2 Å². The molecule has 3 N–H and O–H groups in total. The van der Waals surface area contributed by atoms with E-state index in [-0.39, 0.29) is 34.4 Å². The summed E-state index contributed by atoms with van der Waals surface area (Å²) in [5.74, 6) is -1.19. The van der Waals surface area contributed by atoms with Crippen LogP contribution in [0.4, 0.5) is 19.1 Å². The standard InChI is InChI=1S/C29H29F3N4O4/c1-17(27(37)38)14-18-8-10-19(11-9-18)23-15-25(35-28(33)34-23)40-26(29(30,31)32)22-7-5-4-6-21(22)24-13-12-20(39-24)16-36(2)3/h4-13,15,17,26H,14,16H2,1-3H3,(H,37,38)(H2,33,34,35)/t17-,26?/m0/s1. The van der Waals surface area contributed by atoms with Crippen molar-refractivity contribution in [3.8, 4) is 28.5 Å². The fraction of sp³-hybridized carbons (Fsp3) is 0.276. The number of benzene rings is 2. The smallest absolute Gasteiger partial charge is 0.429 e. The summed E-state index contributed by atoms with van der Waals surface area (Å²) < 4.78 is 54.6. The lowest BCUT2D eigenvalue weighted by Crippen LogP contribution is -2.27. The molecule has 11 heteroatoms. The zero-order valence-electron chi connectivity index (χ0n) is 22.1. The molecule has 2 aromatic carbocycles. The van der Waals surface area contributed by atoms with Crippen molar-refractivity contribution in [3.05, 3.63) is 83.6 Å². The number of rotatable bonds is 10. The molecule has 8 nitrogen and oxygen atoms in total. The zero-order valence-corrected chi connectivity index (χ0v) is 22.1. The molecular formula is C29H29F3N4O4. The van der Waals surface area contributed by atoms with Crippen LogP contribution < -0.4 is 10.5 Å². The molecule has 210 valence electrons. The van der Waals surface area contributed by atoms with E-state index in [0.717, 1.165) is 5.56 Å². The van der Waals surface area contributed by atoms with Crippen molar-refractivity contribution in [3.63, 3.8) is 0 Å². The predicted molar refractivity (Wildman–Crippen MR) is 143 cm³/mol.